The predicted molar refractivity (Wildman–Crippen MR) is 86.5 cm³/mol. The van der Waals surface area contributed by atoms with E-state index in [4.69, 9.17) is 21.1 Å². The van der Waals surface area contributed by atoms with E-state index in [1.165, 1.54) is 18.8 Å². The number of methoxy groups -OCH3 is 2. The number of hydrogen-bond donors (Lipinski definition) is 1. The molecule has 118 valence electrons. The normalized spacial score (nSPS) is 10.4. The standard InChI is InChI=1S/C14H15ClN2O4S/c1-8-7-22-14(19)17(8)6-13(18)16-10-4-9(15)11(20-2)5-12(10)21-3/h4-5,7H,6H2,1-3H3,(H,16,18). The summed E-state index contributed by atoms with van der Waals surface area (Å²) in [7, 11) is 2.97. The summed E-state index contributed by atoms with van der Waals surface area (Å²) in [6, 6.07) is 3.13. The Morgan fingerprint density at radius 1 is 1.32 bits per heavy atom. The number of hydrogen-bond acceptors (Lipinski definition) is 5. The van der Waals surface area contributed by atoms with Crippen LogP contribution in [0.1, 0.15) is 5.69 Å². The van der Waals surface area contributed by atoms with E-state index in [1.54, 1.807) is 24.4 Å². The second kappa shape index (κ2) is 6.85. The van der Waals surface area contributed by atoms with Crippen LogP contribution in [0.4, 0.5) is 5.69 Å². The van der Waals surface area contributed by atoms with Gasteiger partial charge < -0.3 is 14.8 Å². The molecule has 0 fully saturated rings. The highest BCUT2D eigenvalue weighted by molar-refractivity contribution is 7.07. The highest BCUT2D eigenvalue weighted by atomic mass is 35.5. The van der Waals surface area contributed by atoms with Gasteiger partial charge in [-0.25, -0.2) is 0 Å². The van der Waals surface area contributed by atoms with Crippen molar-refractivity contribution in [3.05, 3.63) is 37.9 Å². The molecule has 8 heteroatoms. The predicted octanol–water partition coefficient (Wildman–Crippen LogP) is 2.53. The Morgan fingerprint density at radius 3 is 2.55 bits per heavy atom. The van der Waals surface area contributed by atoms with Crippen LogP contribution in [0.25, 0.3) is 0 Å². The second-order valence-electron chi connectivity index (χ2n) is 4.46. The zero-order valence-corrected chi connectivity index (χ0v) is 13.9. The van der Waals surface area contributed by atoms with Crippen LogP contribution in [0.3, 0.4) is 0 Å². The molecule has 2 rings (SSSR count). The molecule has 0 aliphatic rings. The lowest BCUT2D eigenvalue weighted by Crippen LogP contribution is -2.25. The van der Waals surface area contributed by atoms with Gasteiger partial charge in [0, 0.05) is 17.1 Å². The summed E-state index contributed by atoms with van der Waals surface area (Å²) >= 11 is 7.11. The molecule has 0 unspecified atom stereocenters. The number of thiazole rings is 1. The van der Waals surface area contributed by atoms with Crippen LogP contribution in [0.15, 0.2) is 22.3 Å². The molecule has 0 bridgehead atoms. The molecule has 1 N–H and O–H groups in total. The van der Waals surface area contributed by atoms with Gasteiger partial charge in [0.15, 0.2) is 0 Å². The van der Waals surface area contributed by atoms with Crippen molar-refractivity contribution in [1.29, 1.82) is 0 Å². The Morgan fingerprint density at radius 2 is 2.00 bits per heavy atom. The molecular weight excluding hydrogens is 328 g/mol. The maximum absolute atomic E-state index is 12.1. The summed E-state index contributed by atoms with van der Waals surface area (Å²) < 4.78 is 11.7. The zero-order chi connectivity index (χ0) is 16.3. The number of rotatable bonds is 5. The number of nitrogens with zero attached hydrogens (tertiary/aromatic N) is 1. The minimum Gasteiger partial charge on any atom is -0.495 e. The summed E-state index contributed by atoms with van der Waals surface area (Å²) in [6.07, 6.45) is 0. The minimum absolute atomic E-state index is 0.0685. The lowest BCUT2D eigenvalue weighted by Gasteiger charge is -2.13. The molecule has 0 saturated heterocycles. The number of ether oxygens (including phenoxy) is 2. The molecule has 0 atom stereocenters. The van der Waals surface area contributed by atoms with Gasteiger partial charge in [0.25, 0.3) is 0 Å². The first-order valence-corrected chi connectivity index (χ1v) is 7.58. The largest absolute Gasteiger partial charge is 0.495 e. The highest BCUT2D eigenvalue weighted by Crippen LogP contribution is 2.35. The van der Waals surface area contributed by atoms with E-state index in [0.29, 0.717) is 22.2 Å². The minimum atomic E-state index is -0.344. The zero-order valence-electron chi connectivity index (χ0n) is 12.3. The van der Waals surface area contributed by atoms with Gasteiger partial charge in [-0.2, -0.15) is 0 Å². The van der Waals surface area contributed by atoms with E-state index in [1.807, 2.05) is 0 Å². The second-order valence-corrected chi connectivity index (χ2v) is 5.69. The molecule has 2 aromatic rings. The molecule has 0 radical (unpaired) electrons. The first-order valence-electron chi connectivity index (χ1n) is 6.32. The van der Waals surface area contributed by atoms with E-state index in [2.05, 4.69) is 5.32 Å². The smallest absolute Gasteiger partial charge is 0.307 e. The maximum atomic E-state index is 12.1. The Kier molecular flexibility index (Phi) is 5.10. The number of carbonyl (C=O) groups is 1. The van der Waals surface area contributed by atoms with Gasteiger partial charge in [0.1, 0.15) is 18.0 Å². The number of halogens is 1. The average Bonchev–Trinajstić information content (AvgIpc) is 2.79. The molecule has 0 saturated carbocycles. The van der Waals surface area contributed by atoms with Gasteiger partial charge in [-0.15, -0.1) is 0 Å². The monoisotopic (exact) mass is 342 g/mol. The fourth-order valence-electron chi connectivity index (χ4n) is 1.89. The number of anilines is 1. The topological polar surface area (TPSA) is 69.6 Å². The van der Waals surface area contributed by atoms with Crippen LogP contribution in [0.5, 0.6) is 11.5 Å². The first kappa shape index (κ1) is 16.4. The summed E-state index contributed by atoms with van der Waals surface area (Å²) in [5.41, 5.74) is 1.16. The molecule has 0 aliphatic heterocycles. The fraction of sp³-hybridized carbons (Fsp3) is 0.286. The van der Waals surface area contributed by atoms with Crippen molar-refractivity contribution in [2.24, 2.45) is 0 Å². The number of amides is 1. The number of aryl methyl sites for hydroxylation is 1. The Balaban J connectivity index is 2.21. The van der Waals surface area contributed by atoms with Crippen LogP contribution in [-0.2, 0) is 11.3 Å². The van der Waals surface area contributed by atoms with E-state index in [-0.39, 0.29) is 17.3 Å². The van der Waals surface area contributed by atoms with Crippen LogP contribution in [-0.4, -0.2) is 24.7 Å². The van der Waals surface area contributed by atoms with E-state index in [9.17, 15) is 9.59 Å². The van der Waals surface area contributed by atoms with Gasteiger partial charge in [-0.05, 0) is 13.0 Å². The van der Waals surface area contributed by atoms with Crippen molar-refractivity contribution >= 4 is 34.5 Å². The Labute approximate surface area is 136 Å². The van der Waals surface area contributed by atoms with Gasteiger partial charge in [-0.3, -0.25) is 14.2 Å². The summed E-state index contributed by atoms with van der Waals surface area (Å²) in [4.78, 5) is 23.6. The van der Waals surface area contributed by atoms with E-state index < -0.39 is 0 Å². The molecule has 1 aromatic carbocycles. The van der Waals surface area contributed by atoms with Crippen molar-refractivity contribution in [1.82, 2.24) is 4.57 Å². The Bertz CT molecular complexity index is 754. The van der Waals surface area contributed by atoms with Gasteiger partial charge >= 0.3 is 4.87 Å². The van der Waals surface area contributed by atoms with Gasteiger partial charge in [0.05, 0.1) is 24.9 Å². The number of nitrogens with one attached hydrogen (secondary N) is 1. The number of aromatic nitrogens is 1. The van der Waals surface area contributed by atoms with Crippen molar-refractivity contribution in [3.63, 3.8) is 0 Å². The molecule has 1 aromatic heterocycles. The van der Waals surface area contributed by atoms with Crippen molar-refractivity contribution in [2.45, 2.75) is 13.5 Å². The number of carbonyl (C=O) groups excluding carboxylic acids is 1. The third kappa shape index (κ3) is 3.42. The lowest BCUT2D eigenvalue weighted by molar-refractivity contribution is -0.116. The molecule has 0 aliphatic carbocycles. The molecule has 1 amide bonds. The third-order valence-electron chi connectivity index (χ3n) is 3.03. The number of benzene rings is 1. The van der Waals surface area contributed by atoms with Gasteiger partial charge in [-0.1, -0.05) is 22.9 Å². The third-order valence-corrected chi connectivity index (χ3v) is 4.20. The van der Waals surface area contributed by atoms with E-state index in [0.717, 1.165) is 17.0 Å². The SMILES string of the molecule is COc1cc(OC)c(NC(=O)Cn2c(C)csc2=O)cc1Cl. The molecule has 0 spiro atoms. The van der Waals surface area contributed by atoms with Crippen LogP contribution in [0, 0.1) is 6.92 Å². The Hall–Kier alpha value is -1.99. The molecule has 1 heterocycles. The van der Waals surface area contributed by atoms with Crippen molar-refractivity contribution in [3.8, 4) is 11.5 Å². The van der Waals surface area contributed by atoms with Crippen LogP contribution in [0.2, 0.25) is 5.02 Å². The van der Waals surface area contributed by atoms with Gasteiger partial charge in [0.2, 0.25) is 5.91 Å². The highest BCUT2D eigenvalue weighted by Gasteiger charge is 2.14. The summed E-state index contributed by atoms with van der Waals surface area (Å²) in [6.45, 7) is 1.71. The average molecular weight is 343 g/mol. The van der Waals surface area contributed by atoms with Crippen LogP contribution >= 0.6 is 22.9 Å². The van der Waals surface area contributed by atoms with Crippen LogP contribution < -0.4 is 19.7 Å². The quantitative estimate of drug-likeness (QED) is 0.906. The van der Waals surface area contributed by atoms with E-state index >= 15 is 0 Å². The lowest BCUT2D eigenvalue weighted by atomic mass is 10.2. The van der Waals surface area contributed by atoms with Crippen molar-refractivity contribution in [2.75, 3.05) is 19.5 Å². The summed E-state index contributed by atoms with van der Waals surface area (Å²) in [5.74, 6) is 0.522. The molecule has 22 heavy (non-hydrogen) atoms. The fourth-order valence-corrected chi connectivity index (χ4v) is 2.86. The maximum Gasteiger partial charge on any atom is 0.307 e. The first-order chi connectivity index (χ1) is 10.5. The molecule has 6 nitrogen and oxygen atoms in total. The summed E-state index contributed by atoms with van der Waals surface area (Å²) in [5, 5.41) is 4.75. The molecular formula is C14H15ClN2O4S. The van der Waals surface area contributed by atoms with Crippen molar-refractivity contribution < 1.29 is 14.3 Å².